The van der Waals surface area contributed by atoms with Crippen molar-refractivity contribution >= 4 is 11.9 Å². The molecule has 0 radical (unpaired) electrons. The molecule has 1 unspecified atom stereocenters. The molecule has 5 heteroatoms. The van der Waals surface area contributed by atoms with E-state index in [1.807, 2.05) is 13.8 Å². The normalized spacial score (nSPS) is 11.8. The van der Waals surface area contributed by atoms with Gasteiger partial charge in [-0.3, -0.25) is 9.59 Å². The summed E-state index contributed by atoms with van der Waals surface area (Å²) in [6.45, 7) is 11.2. The van der Waals surface area contributed by atoms with Gasteiger partial charge in [-0.2, -0.15) is 0 Å². The van der Waals surface area contributed by atoms with Gasteiger partial charge in [-0.15, -0.1) is 0 Å². The smallest absolute Gasteiger partial charge is 0.321 e. The van der Waals surface area contributed by atoms with Crippen molar-refractivity contribution in [3.63, 3.8) is 0 Å². The Hall–Kier alpha value is -1.88. The van der Waals surface area contributed by atoms with Gasteiger partial charge in [0, 0.05) is 6.54 Å². The van der Waals surface area contributed by atoms with Crippen molar-refractivity contribution in [1.82, 2.24) is 5.32 Å². The van der Waals surface area contributed by atoms with E-state index in [4.69, 9.17) is 10.2 Å². The molecule has 0 heterocycles. The maximum Gasteiger partial charge on any atom is 0.321 e. The predicted octanol–water partition coefficient (Wildman–Crippen LogP) is 2.22. The highest BCUT2D eigenvalue weighted by Crippen LogP contribution is 2.07. The minimum absolute atomic E-state index is 0.113. The zero-order chi connectivity index (χ0) is 15.3. The van der Waals surface area contributed by atoms with E-state index >= 15 is 0 Å². The fourth-order valence-corrected chi connectivity index (χ4v) is 1.21. The van der Waals surface area contributed by atoms with Gasteiger partial charge in [0.15, 0.2) is 0 Å². The Kier molecular flexibility index (Phi) is 12.9. The third-order valence-corrected chi connectivity index (χ3v) is 2.06. The Morgan fingerprint density at radius 3 is 2.21 bits per heavy atom. The second kappa shape index (κ2) is 12.6. The maximum absolute atomic E-state index is 10.9. The molecule has 0 aromatic rings. The molecule has 5 nitrogen and oxygen atoms in total. The molecule has 0 saturated carbocycles. The molecule has 0 saturated heterocycles. The van der Waals surface area contributed by atoms with E-state index in [2.05, 4.69) is 18.5 Å². The van der Waals surface area contributed by atoms with Crippen molar-refractivity contribution in [3.05, 3.63) is 37.0 Å². The summed E-state index contributed by atoms with van der Waals surface area (Å²) in [7, 11) is 0. The molecular formula is C14H23NO4. The number of hydrogen-bond acceptors (Lipinski definition) is 3. The van der Waals surface area contributed by atoms with Crippen LogP contribution in [0.5, 0.6) is 0 Å². The number of carboxylic acid groups (broad SMARTS) is 2. The molecule has 0 aromatic carbocycles. The van der Waals surface area contributed by atoms with Gasteiger partial charge in [0.1, 0.15) is 6.04 Å². The number of allylic oxidation sites excluding steroid dienone is 3. The standard InChI is InChI=1S/C12H17NO4.C2H6/c1-3-5-9(4-2)8-10(12(16)17)13-7-6-11(14)15;1-2/h3-5,10,13H,1-2,6-8H2,(H,14,15)(H,16,17);1-2H3/b9-5+;. The molecule has 0 bridgehead atoms. The van der Waals surface area contributed by atoms with Crippen LogP contribution in [0.15, 0.2) is 37.0 Å². The molecule has 0 aromatic heterocycles. The third kappa shape index (κ3) is 11.0. The van der Waals surface area contributed by atoms with Gasteiger partial charge in [0.25, 0.3) is 0 Å². The van der Waals surface area contributed by atoms with Crippen LogP contribution in [0.4, 0.5) is 0 Å². The zero-order valence-electron chi connectivity index (χ0n) is 11.6. The average Bonchev–Trinajstić information content (AvgIpc) is 2.38. The van der Waals surface area contributed by atoms with Gasteiger partial charge in [0.05, 0.1) is 6.42 Å². The lowest BCUT2D eigenvalue weighted by molar-refractivity contribution is -0.140. The number of nitrogens with one attached hydrogen (secondary N) is 1. The summed E-state index contributed by atoms with van der Waals surface area (Å²) in [4.78, 5) is 21.2. The van der Waals surface area contributed by atoms with E-state index in [1.165, 1.54) is 0 Å². The highest BCUT2D eigenvalue weighted by molar-refractivity contribution is 5.74. The monoisotopic (exact) mass is 269 g/mol. The number of aliphatic carboxylic acids is 2. The number of carbonyl (C=O) groups is 2. The van der Waals surface area contributed by atoms with E-state index in [1.54, 1.807) is 18.2 Å². The zero-order valence-corrected chi connectivity index (χ0v) is 11.6. The lowest BCUT2D eigenvalue weighted by Crippen LogP contribution is -2.38. The van der Waals surface area contributed by atoms with Gasteiger partial charge < -0.3 is 15.5 Å². The van der Waals surface area contributed by atoms with Crippen LogP contribution >= 0.6 is 0 Å². The van der Waals surface area contributed by atoms with Crippen LogP contribution < -0.4 is 5.32 Å². The first-order valence-electron chi connectivity index (χ1n) is 6.13. The minimum atomic E-state index is -1.02. The van der Waals surface area contributed by atoms with Crippen LogP contribution in [0.25, 0.3) is 0 Å². The van der Waals surface area contributed by atoms with Crippen LogP contribution in [0.2, 0.25) is 0 Å². The van der Waals surface area contributed by atoms with E-state index in [0.717, 1.165) is 5.57 Å². The van der Waals surface area contributed by atoms with Gasteiger partial charge in [0.2, 0.25) is 0 Å². The molecule has 0 aliphatic heterocycles. The molecule has 1 atom stereocenters. The first-order chi connectivity index (χ1) is 9.01. The Morgan fingerprint density at radius 1 is 1.26 bits per heavy atom. The van der Waals surface area contributed by atoms with Gasteiger partial charge in [-0.1, -0.05) is 45.2 Å². The Balaban J connectivity index is 0. The van der Waals surface area contributed by atoms with Crippen LogP contribution in [0, 0.1) is 0 Å². The molecule has 0 rings (SSSR count). The SMILES string of the molecule is C=C/C=C(\C=C)CC(NCCC(=O)O)C(=O)O.CC. The Bertz CT molecular complexity index is 334. The summed E-state index contributed by atoms with van der Waals surface area (Å²) in [5.41, 5.74) is 0.732. The van der Waals surface area contributed by atoms with Gasteiger partial charge >= 0.3 is 11.9 Å². The van der Waals surface area contributed by atoms with Crippen LogP contribution in [0.1, 0.15) is 26.7 Å². The summed E-state index contributed by atoms with van der Waals surface area (Å²) in [5, 5.41) is 20.1. The van der Waals surface area contributed by atoms with E-state index in [9.17, 15) is 9.59 Å². The molecular weight excluding hydrogens is 246 g/mol. The minimum Gasteiger partial charge on any atom is -0.481 e. The van der Waals surface area contributed by atoms with Crippen LogP contribution in [-0.2, 0) is 9.59 Å². The highest BCUT2D eigenvalue weighted by Gasteiger charge is 2.17. The van der Waals surface area contributed by atoms with E-state index in [0.29, 0.717) is 0 Å². The number of carboxylic acids is 2. The summed E-state index contributed by atoms with van der Waals surface area (Å²) in [6, 6.07) is -0.821. The second-order valence-electron chi connectivity index (χ2n) is 3.37. The fourth-order valence-electron chi connectivity index (χ4n) is 1.21. The van der Waals surface area contributed by atoms with Crippen molar-refractivity contribution in [2.24, 2.45) is 0 Å². The first-order valence-corrected chi connectivity index (χ1v) is 6.13. The summed E-state index contributed by atoms with van der Waals surface area (Å²) in [5.74, 6) is -1.99. The van der Waals surface area contributed by atoms with Crippen molar-refractivity contribution in [1.29, 1.82) is 0 Å². The topological polar surface area (TPSA) is 86.6 Å². The van der Waals surface area contributed by atoms with Crippen LogP contribution in [-0.4, -0.2) is 34.7 Å². The average molecular weight is 269 g/mol. The molecule has 108 valence electrons. The first kappa shape index (κ1) is 19.5. The summed E-state index contributed by atoms with van der Waals surface area (Å²) >= 11 is 0. The molecule has 3 N–H and O–H groups in total. The lowest BCUT2D eigenvalue weighted by Gasteiger charge is -2.14. The fraction of sp³-hybridized carbons (Fsp3) is 0.429. The predicted molar refractivity (Wildman–Crippen MR) is 76.1 cm³/mol. The van der Waals surface area contributed by atoms with Gasteiger partial charge in [-0.05, 0) is 12.0 Å². The molecule has 0 spiro atoms. The number of hydrogen-bond donors (Lipinski definition) is 3. The Labute approximate surface area is 114 Å². The molecule has 0 amide bonds. The summed E-state index contributed by atoms with van der Waals surface area (Å²) < 4.78 is 0. The van der Waals surface area contributed by atoms with Crippen molar-refractivity contribution < 1.29 is 19.8 Å². The Morgan fingerprint density at radius 2 is 1.84 bits per heavy atom. The molecule has 0 fully saturated rings. The van der Waals surface area contributed by atoms with Crippen LogP contribution in [0.3, 0.4) is 0 Å². The van der Waals surface area contributed by atoms with E-state index in [-0.39, 0.29) is 19.4 Å². The lowest BCUT2D eigenvalue weighted by atomic mass is 10.1. The molecule has 0 aliphatic rings. The second-order valence-corrected chi connectivity index (χ2v) is 3.37. The van der Waals surface area contributed by atoms with Gasteiger partial charge in [-0.25, -0.2) is 0 Å². The highest BCUT2D eigenvalue weighted by atomic mass is 16.4. The largest absolute Gasteiger partial charge is 0.481 e. The summed E-state index contributed by atoms with van der Waals surface area (Å²) in [6.07, 6.45) is 4.90. The third-order valence-electron chi connectivity index (χ3n) is 2.06. The van der Waals surface area contributed by atoms with E-state index < -0.39 is 18.0 Å². The van der Waals surface area contributed by atoms with Crippen molar-refractivity contribution in [3.8, 4) is 0 Å². The molecule has 19 heavy (non-hydrogen) atoms. The number of rotatable bonds is 9. The maximum atomic E-state index is 10.9. The quantitative estimate of drug-likeness (QED) is 0.559. The van der Waals surface area contributed by atoms with Crippen molar-refractivity contribution in [2.75, 3.05) is 6.54 Å². The van der Waals surface area contributed by atoms with Crippen molar-refractivity contribution in [2.45, 2.75) is 32.7 Å². The molecule has 0 aliphatic carbocycles.